The lowest BCUT2D eigenvalue weighted by Gasteiger charge is -2.15. The minimum Gasteiger partial charge on any atom is -0.320 e. The standard InChI is InChI=1S/C10H11ClF3N/c11-8-3-1-2-7(6-8)4-5-9(15)10(12,13)14/h1-3,6,9H,4-5,15H2/t9-/m0/s1. The van der Waals surface area contributed by atoms with Gasteiger partial charge in [-0.25, -0.2) is 0 Å². The number of nitrogens with two attached hydrogens (primary N) is 1. The number of alkyl halides is 3. The van der Waals surface area contributed by atoms with Crippen LogP contribution in [-0.2, 0) is 6.42 Å². The van der Waals surface area contributed by atoms with E-state index in [1.54, 1.807) is 24.3 Å². The van der Waals surface area contributed by atoms with Crippen LogP contribution in [-0.4, -0.2) is 12.2 Å². The molecular weight excluding hydrogens is 227 g/mol. The van der Waals surface area contributed by atoms with Gasteiger partial charge in [-0.15, -0.1) is 0 Å². The van der Waals surface area contributed by atoms with E-state index in [9.17, 15) is 13.2 Å². The quantitative estimate of drug-likeness (QED) is 0.859. The highest BCUT2D eigenvalue weighted by Gasteiger charge is 2.35. The molecule has 1 rings (SSSR count). The van der Waals surface area contributed by atoms with Crippen LogP contribution < -0.4 is 5.73 Å². The topological polar surface area (TPSA) is 26.0 Å². The van der Waals surface area contributed by atoms with Crippen LogP contribution in [0.5, 0.6) is 0 Å². The summed E-state index contributed by atoms with van der Waals surface area (Å²) in [5.41, 5.74) is 5.74. The van der Waals surface area contributed by atoms with E-state index in [2.05, 4.69) is 0 Å². The third-order valence-electron chi connectivity index (χ3n) is 2.05. The molecular formula is C10H11ClF3N. The van der Waals surface area contributed by atoms with Gasteiger partial charge in [0.15, 0.2) is 0 Å². The van der Waals surface area contributed by atoms with Crippen molar-refractivity contribution in [3.05, 3.63) is 34.9 Å². The second kappa shape index (κ2) is 4.86. The highest BCUT2D eigenvalue weighted by Crippen LogP contribution is 2.22. The Hall–Kier alpha value is -0.740. The molecule has 0 heterocycles. The van der Waals surface area contributed by atoms with E-state index in [1.165, 1.54) is 0 Å². The minimum atomic E-state index is -4.32. The number of halogens is 4. The Kier molecular flexibility index (Phi) is 3.99. The molecule has 2 N–H and O–H groups in total. The molecule has 0 bridgehead atoms. The number of hydrogen-bond donors (Lipinski definition) is 1. The SMILES string of the molecule is N[C@@H](CCc1cccc(Cl)c1)C(F)(F)F. The predicted molar refractivity (Wildman–Crippen MR) is 53.8 cm³/mol. The number of benzene rings is 1. The molecule has 1 aromatic carbocycles. The van der Waals surface area contributed by atoms with Crippen LogP contribution in [0.4, 0.5) is 13.2 Å². The fraction of sp³-hybridized carbons (Fsp3) is 0.400. The monoisotopic (exact) mass is 237 g/mol. The molecule has 0 spiro atoms. The van der Waals surface area contributed by atoms with Crippen molar-refractivity contribution in [2.24, 2.45) is 5.73 Å². The molecule has 0 fully saturated rings. The average Bonchev–Trinajstić information content (AvgIpc) is 2.12. The van der Waals surface area contributed by atoms with Crippen LogP contribution in [0.3, 0.4) is 0 Å². The summed E-state index contributed by atoms with van der Waals surface area (Å²) in [6.45, 7) is 0. The summed E-state index contributed by atoms with van der Waals surface area (Å²) in [4.78, 5) is 0. The lowest BCUT2D eigenvalue weighted by Crippen LogP contribution is -2.37. The van der Waals surface area contributed by atoms with E-state index in [0.717, 1.165) is 5.56 Å². The van der Waals surface area contributed by atoms with Crippen LogP contribution >= 0.6 is 11.6 Å². The van der Waals surface area contributed by atoms with Crippen molar-refractivity contribution < 1.29 is 13.2 Å². The molecule has 5 heteroatoms. The van der Waals surface area contributed by atoms with E-state index in [1.807, 2.05) is 0 Å². The Labute approximate surface area is 91.0 Å². The first-order valence-electron chi connectivity index (χ1n) is 4.46. The van der Waals surface area contributed by atoms with Gasteiger partial charge in [-0.2, -0.15) is 13.2 Å². The summed E-state index contributed by atoms with van der Waals surface area (Å²) < 4.78 is 36.2. The van der Waals surface area contributed by atoms with Crippen LogP contribution in [0.25, 0.3) is 0 Å². The first-order chi connectivity index (χ1) is 6.89. The van der Waals surface area contributed by atoms with Gasteiger partial charge in [0.25, 0.3) is 0 Å². The molecule has 84 valence electrons. The Morgan fingerprint density at radius 1 is 1.33 bits per heavy atom. The maximum Gasteiger partial charge on any atom is 0.403 e. The van der Waals surface area contributed by atoms with Crippen molar-refractivity contribution in [3.8, 4) is 0 Å². The Balaban J connectivity index is 2.51. The van der Waals surface area contributed by atoms with Gasteiger partial charge in [0.05, 0.1) is 0 Å². The van der Waals surface area contributed by atoms with E-state index >= 15 is 0 Å². The maximum absolute atomic E-state index is 12.1. The molecule has 0 saturated carbocycles. The number of rotatable bonds is 3. The van der Waals surface area contributed by atoms with Gasteiger partial charge >= 0.3 is 6.18 Å². The van der Waals surface area contributed by atoms with Crippen LogP contribution in [0, 0.1) is 0 Å². The van der Waals surface area contributed by atoms with Crippen molar-refractivity contribution in [1.29, 1.82) is 0 Å². The van der Waals surface area contributed by atoms with Gasteiger partial charge in [-0.05, 0) is 30.5 Å². The lowest BCUT2D eigenvalue weighted by atomic mass is 10.1. The van der Waals surface area contributed by atoms with Crippen molar-refractivity contribution >= 4 is 11.6 Å². The summed E-state index contributed by atoms with van der Waals surface area (Å²) in [6, 6.07) is 4.99. The number of hydrogen-bond acceptors (Lipinski definition) is 1. The predicted octanol–water partition coefficient (Wildman–Crippen LogP) is 3.16. The molecule has 1 aromatic rings. The minimum absolute atomic E-state index is 0.121. The zero-order valence-corrected chi connectivity index (χ0v) is 8.65. The molecule has 0 aliphatic rings. The Morgan fingerprint density at radius 2 is 2.00 bits per heavy atom. The van der Waals surface area contributed by atoms with E-state index in [4.69, 9.17) is 17.3 Å². The van der Waals surface area contributed by atoms with Gasteiger partial charge in [0, 0.05) is 5.02 Å². The third-order valence-corrected chi connectivity index (χ3v) is 2.29. The summed E-state index contributed by atoms with van der Waals surface area (Å²) in [6.07, 6.45) is -4.16. The molecule has 0 saturated heterocycles. The first-order valence-corrected chi connectivity index (χ1v) is 4.84. The highest BCUT2D eigenvalue weighted by atomic mass is 35.5. The normalized spacial score (nSPS) is 13.9. The Bertz CT molecular complexity index is 325. The zero-order valence-electron chi connectivity index (χ0n) is 7.89. The summed E-state index contributed by atoms with van der Waals surface area (Å²) in [5, 5.41) is 0.521. The summed E-state index contributed by atoms with van der Waals surface area (Å²) in [5.74, 6) is 0. The molecule has 0 aromatic heterocycles. The van der Waals surface area contributed by atoms with Gasteiger partial charge in [0.2, 0.25) is 0 Å². The smallest absolute Gasteiger partial charge is 0.320 e. The molecule has 0 radical (unpaired) electrons. The molecule has 15 heavy (non-hydrogen) atoms. The Morgan fingerprint density at radius 3 is 2.53 bits per heavy atom. The average molecular weight is 238 g/mol. The van der Waals surface area contributed by atoms with Crippen molar-refractivity contribution in [3.63, 3.8) is 0 Å². The fourth-order valence-corrected chi connectivity index (χ4v) is 1.39. The number of aryl methyl sites for hydroxylation is 1. The highest BCUT2D eigenvalue weighted by molar-refractivity contribution is 6.30. The van der Waals surface area contributed by atoms with Crippen molar-refractivity contribution in [2.45, 2.75) is 25.1 Å². The molecule has 0 amide bonds. The fourth-order valence-electron chi connectivity index (χ4n) is 1.18. The second-order valence-corrected chi connectivity index (χ2v) is 3.75. The van der Waals surface area contributed by atoms with Crippen molar-refractivity contribution in [2.75, 3.05) is 0 Å². The summed E-state index contributed by atoms with van der Waals surface area (Å²) in [7, 11) is 0. The van der Waals surface area contributed by atoms with E-state index < -0.39 is 12.2 Å². The first kappa shape index (κ1) is 12.3. The third kappa shape index (κ3) is 4.10. The molecule has 0 aliphatic heterocycles. The van der Waals surface area contributed by atoms with Crippen LogP contribution in [0.1, 0.15) is 12.0 Å². The summed E-state index contributed by atoms with van der Waals surface area (Å²) >= 11 is 5.70. The second-order valence-electron chi connectivity index (χ2n) is 3.32. The largest absolute Gasteiger partial charge is 0.403 e. The zero-order chi connectivity index (χ0) is 11.5. The van der Waals surface area contributed by atoms with Crippen LogP contribution in [0.2, 0.25) is 5.02 Å². The lowest BCUT2D eigenvalue weighted by molar-refractivity contribution is -0.148. The molecule has 1 nitrogen and oxygen atoms in total. The van der Waals surface area contributed by atoms with E-state index in [0.29, 0.717) is 5.02 Å². The van der Waals surface area contributed by atoms with E-state index in [-0.39, 0.29) is 12.8 Å². The van der Waals surface area contributed by atoms with Crippen molar-refractivity contribution in [1.82, 2.24) is 0 Å². The molecule has 0 aliphatic carbocycles. The van der Waals surface area contributed by atoms with Crippen LogP contribution in [0.15, 0.2) is 24.3 Å². The molecule has 0 unspecified atom stereocenters. The van der Waals surface area contributed by atoms with Gasteiger partial charge in [0.1, 0.15) is 6.04 Å². The van der Waals surface area contributed by atoms with Gasteiger partial charge < -0.3 is 5.73 Å². The maximum atomic E-state index is 12.1. The molecule has 1 atom stereocenters. The van der Waals surface area contributed by atoms with Gasteiger partial charge in [-0.1, -0.05) is 23.7 Å². The van der Waals surface area contributed by atoms with Gasteiger partial charge in [-0.3, -0.25) is 0 Å².